The van der Waals surface area contributed by atoms with Crippen molar-refractivity contribution in [3.8, 4) is 22.5 Å². The lowest BCUT2D eigenvalue weighted by atomic mass is 9.99. The molecule has 1 aliphatic rings. The molecule has 3 N–H and O–H groups in total. The predicted molar refractivity (Wildman–Crippen MR) is 194 cm³/mol. The van der Waals surface area contributed by atoms with E-state index in [2.05, 4.69) is 55.7 Å². The second kappa shape index (κ2) is 14.8. The maximum absolute atomic E-state index is 12.5. The van der Waals surface area contributed by atoms with Gasteiger partial charge in [0.2, 0.25) is 0 Å². The average molecular weight is 642 g/mol. The highest BCUT2D eigenvalue weighted by Gasteiger charge is 2.18. The van der Waals surface area contributed by atoms with Gasteiger partial charge < -0.3 is 25.4 Å². The lowest BCUT2D eigenvalue weighted by Crippen LogP contribution is -2.27. The fourth-order valence-corrected chi connectivity index (χ4v) is 5.85. The molecule has 2 amide bonds. The Balaban J connectivity index is 1.11. The van der Waals surface area contributed by atoms with Crippen LogP contribution < -0.4 is 10.6 Å². The molecule has 48 heavy (non-hydrogen) atoms. The summed E-state index contributed by atoms with van der Waals surface area (Å²) in [6, 6.07) is 27.9. The SMILES string of the molecule is CN(C)CCCNC(=O)c1ccc(C2=Nc3cc(-c4ccc5nc(-c6ccc(C(=O)NCCCN(C)C)cc6)[nH]c5c4)ccc3C2)cc1. The molecule has 1 aromatic heterocycles. The molecule has 0 bridgehead atoms. The standard InChI is InChI=1S/C39H43N7O2/c1-45(2)21-5-19-40-38(47)28-11-7-26(8-12-28)34-25-32-16-15-30(23-35(32)42-34)31-17-18-33-36(24-31)44-37(43-33)27-9-13-29(14-10-27)39(48)41-20-6-22-46(3)4/h7-18,23-24H,5-6,19-22,25H2,1-4H3,(H,40,47)(H,41,48)(H,43,44). The van der Waals surface area contributed by atoms with E-state index in [1.807, 2.05) is 82.8 Å². The third-order valence-corrected chi connectivity index (χ3v) is 8.55. The van der Waals surface area contributed by atoms with Gasteiger partial charge in [0.15, 0.2) is 0 Å². The summed E-state index contributed by atoms with van der Waals surface area (Å²) in [5.41, 5.74) is 10.4. The molecule has 9 nitrogen and oxygen atoms in total. The van der Waals surface area contributed by atoms with Gasteiger partial charge in [-0.05, 0) is 119 Å². The number of aromatic amines is 1. The number of rotatable bonds is 13. The molecule has 6 rings (SSSR count). The molecule has 0 aliphatic carbocycles. The Labute approximate surface area is 282 Å². The van der Waals surface area contributed by atoms with Gasteiger partial charge in [-0.2, -0.15) is 0 Å². The van der Waals surface area contributed by atoms with Crippen LogP contribution in [0.25, 0.3) is 33.5 Å². The van der Waals surface area contributed by atoms with E-state index >= 15 is 0 Å². The number of aliphatic imine (C=N–C) groups is 1. The number of aromatic nitrogens is 2. The van der Waals surface area contributed by atoms with Crippen LogP contribution in [-0.4, -0.2) is 91.7 Å². The minimum Gasteiger partial charge on any atom is -0.352 e. The molecule has 4 aromatic carbocycles. The highest BCUT2D eigenvalue weighted by atomic mass is 16.2. The highest BCUT2D eigenvalue weighted by molar-refractivity contribution is 6.07. The van der Waals surface area contributed by atoms with Crippen LogP contribution in [0.5, 0.6) is 0 Å². The zero-order chi connectivity index (χ0) is 33.6. The number of carbonyl (C=O) groups is 2. The Hall–Kier alpha value is -5.12. The molecule has 0 atom stereocenters. The molecule has 0 fully saturated rings. The van der Waals surface area contributed by atoms with Crippen LogP contribution in [0.15, 0.2) is 89.9 Å². The molecule has 0 saturated heterocycles. The van der Waals surface area contributed by atoms with Gasteiger partial charge in [0.25, 0.3) is 11.8 Å². The number of hydrogen-bond acceptors (Lipinski definition) is 6. The Bertz CT molecular complexity index is 1940. The number of hydrogen-bond donors (Lipinski definition) is 3. The number of benzene rings is 4. The largest absolute Gasteiger partial charge is 0.352 e. The summed E-state index contributed by atoms with van der Waals surface area (Å²) in [6.45, 7) is 3.18. The van der Waals surface area contributed by atoms with Crippen LogP contribution >= 0.6 is 0 Å². The maximum atomic E-state index is 12.5. The number of nitrogens with one attached hydrogen (secondary N) is 3. The van der Waals surface area contributed by atoms with Crippen LogP contribution in [-0.2, 0) is 6.42 Å². The summed E-state index contributed by atoms with van der Waals surface area (Å²) in [7, 11) is 8.11. The fraction of sp³-hybridized carbons (Fsp3) is 0.282. The number of imidazole rings is 1. The molecule has 0 radical (unpaired) electrons. The quantitative estimate of drug-likeness (QED) is 0.138. The van der Waals surface area contributed by atoms with E-state index in [9.17, 15) is 9.59 Å². The van der Waals surface area contributed by atoms with Crippen molar-refractivity contribution >= 4 is 34.2 Å². The van der Waals surface area contributed by atoms with E-state index in [1.165, 1.54) is 5.56 Å². The van der Waals surface area contributed by atoms with Crippen molar-refractivity contribution in [2.24, 2.45) is 4.99 Å². The van der Waals surface area contributed by atoms with Crippen molar-refractivity contribution in [2.45, 2.75) is 19.3 Å². The van der Waals surface area contributed by atoms with E-state index in [4.69, 9.17) is 9.98 Å². The Morgan fingerprint density at radius 2 is 1.23 bits per heavy atom. The van der Waals surface area contributed by atoms with Crippen molar-refractivity contribution in [1.82, 2.24) is 30.4 Å². The van der Waals surface area contributed by atoms with Gasteiger partial charge in [0.05, 0.1) is 22.4 Å². The maximum Gasteiger partial charge on any atom is 0.251 e. The highest BCUT2D eigenvalue weighted by Crippen LogP contribution is 2.34. The zero-order valence-corrected chi connectivity index (χ0v) is 28.1. The van der Waals surface area contributed by atoms with Gasteiger partial charge in [-0.1, -0.05) is 42.5 Å². The first kappa shape index (κ1) is 32.8. The Morgan fingerprint density at radius 1 is 0.688 bits per heavy atom. The summed E-state index contributed by atoms with van der Waals surface area (Å²) in [5.74, 6) is 0.646. The number of carbonyl (C=O) groups excluding carboxylic acids is 2. The molecule has 1 aliphatic heterocycles. The van der Waals surface area contributed by atoms with Crippen LogP contribution in [0.1, 0.15) is 44.7 Å². The fourth-order valence-electron chi connectivity index (χ4n) is 5.85. The summed E-state index contributed by atoms with van der Waals surface area (Å²) < 4.78 is 0. The molecule has 0 spiro atoms. The molecular weight excluding hydrogens is 598 g/mol. The minimum atomic E-state index is -0.0654. The van der Waals surface area contributed by atoms with Crippen molar-refractivity contribution in [3.05, 3.63) is 107 Å². The Kier molecular flexibility index (Phi) is 10.1. The predicted octanol–water partition coefficient (Wildman–Crippen LogP) is 5.94. The molecule has 0 unspecified atom stereocenters. The molecule has 0 saturated carbocycles. The number of H-pyrrole nitrogens is 1. The first-order valence-corrected chi connectivity index (χ1v) is 16.5. The van der Waals surface area contributed by atoms with Crippen LogP contribution in [0.3, 0.4) is 0 Å². The van der Waals surface area contributed by atoms with Crippen LogP contribution in [0.4, 0.5) is 5.69 Å². The second-order valence-electron chi connectivity index (χ2n) is 12.9. The van der Waals surface area contributed by atoms with Crippen molar-refractivity contribution in [2.75, 3.05) is 54.4 Å². The van der Waals surface area contributed by atoms with E-state index in [1.54, 1.807) is 0 Å². The van der Waals surface area contributed by atoms with Crippen LogP contribution in [0.2, 0.25) is 0 Å². The van der Waals surface area contributed by atoms with E-state index in [0.717, 1.165) is 82.9 Å². The third-order valence-electron chi connectivity index (χ3n) is 8.55. The smallest absolute Gasteiger partial charge is 0.251 e. The summed E-state index contributed by atoms with van der Waals surface area (Å²) in [4.78, 5) is 42.5. The van der Waals surface area contributed by atoms with Crippen molar-refractivity contribution in [1.29, 1.82) is 0 Å². The first-order valence-electron chi connectivity index (χ1n) is 16.5. The van der Waals surface area contributed by atoms with E-state index in [0.29, 0.717) is 24.2 Å². The van der Waals surface area contributed by atoms with Gasteiger partial charge in [-0.3, -0.25) is 14.6 Å². The third kappa shape index (κ3) is 7.87. The summed E-state index contributed by atoms with van der Waals surface area (Å²) in [6.07, 6.45) is 2.58. The van der Waals surface area contributed by atoms with Gasteiger partial charge in [-0.15, -0.1) is 0 Å². The lowest BCUT2D eigenvalue weighted by molar-refractivity contribution is 0.0944. The summed E-state index contributed by atoms with van der Waals surface area (Å²) in [5, 5.41) is 5.99. The minimum absolute atomic E-state index is 0.0491. The summed E-state index contributed by atoms with van der Waals surface area (Å²) >= 11 is 0. The molecule has 2 heterocycles. The zero-order valence-electron chi connectivity index (χ0n) is 28.1. The van der Waals surface area contributed by atoms with Crippen molar-refractivity contribution < 1.29 is 9.59 Å². The number of fused-ring (bicyclic) bond motifs is 2. The average Bonchev–Trinajstić information content (AvgIpc) is 3.72. The molecule has 5 aromatic rings. The van der Waals surface area contributed by atoms with Gasteiger partial charge in [-0.25, -0.2) is 4.98 Å². The molecule has 9 heteroatoms. The molecule has 246 valence electrons. The normalized spacial score (nSPS) is 12.4. The monoisotopic (exact) mass is 641 g/mol. The van der Waals surface area contributed by atoms with Gasteiger partial charge >= 0.3 is 0 Å². The van der Waals surface area contributed by atoms with Gasteiger partial charge in [0, 0.05) is 36.2 Å². The first-order chi connectivity index (χ1) is 23.2. The van der Waals surface area contributed by atoms with Crippen molar-refractivity contribution in [3.63, 3.8) is 0 Å². The lowest BCUT2D eigenvalue weighted by Gasteiger charge is -2.10. The van der Waals surface area contributed by atoms with E-state index < -0.39 is 0 Å². The molecular formula is C39H43N7O2. The topological polar surface area (TPSA) is 106 Å². The Morgan fingerprint density at radius 3 is 1.83 bits per heavy atom. The van der Waals surface area contributed by atoms with Crippen LogP contribution in [0, 0.1) is 0 Å². The second-order valence-corrected chi connectivity index (χ2v) is 12.9. The van der Waals surface area contributed by atoms with E-state index in [-0.39, 0.29) is 11.8 Å². The van der Waals surface area contributed by atoms with Gasteiger partial charge in [0.1, 0.15) is 5.82 Å². The number of nitrogens with zero attached hydrogens (tertiary/aromatic N) is 4. The number of amides is 2.